The zero-order valence-electron chi connectivity index (χ0n) is 37.4. The van der Waals surface area contributed by atoms with Gasteiger partial charge in [-0.2, -0.15) is 0 Å². The molecule has 0 aliphatic carbocycles. The summed E-state index contributed by atoms with van der Waals surface area (Å²) in [6.07, 6.45) is 7.74. The van der Waals surface area contributed by atoms with Crippen molar-refractivity contribution < 1.29 is 33.4 Å². The molecule has 1 aromatic heterocycles. The van der Waals surface area contributed by atoms with E-state index in [0.717, 1.165) is 57.9 Å². The quantitative estimate of drug-likeness (QED) is 0.0727. The van der Waals surface area contributed by atoms with Crippen molar-refractivity contribution >= 4 is 40.7 Å². The van der Waals surface area contributed by atoms with Crippen molar-refractivity contribution in [2.75, 3.05) is 39.1 Å². The van der Waals surface area contributed by atoms with Crippen molar-refractivity contribution in [1.29, 1.82) is 0 Å². The van der Waals surface area contributed by atoms with Gasteiger partial charge in [-0.1, -0.05) is 72.8 Å². The molecule has 1 fully saturated rings. The van der Waals surface area contributed by atoms with Gasteiger partial charge in [-0.15, -0.1) is 11.3 Å². The number of carboxylic acid groups (broad SMARTS) is 1. The second-order valence-electron chi connectivity index (χ2n) is 17.4. The van der Waals surface area contributed by atoms with Gasteiger partial charge in [-0.3, -0.25) is 24.1 Å². The Balaban J connectivity index is 1.92. The molecule has 4 N–H and O–H groups in total. The van der Waals surface area contributed by atoms with E-state index in [4.69, 9.17) is 9.72 Å². The third kappa shape index (κ3) is 14.5. The average molecular weight is 845 g/mol. The highest BCUT2D eigenvalue weighted by atomic mass is 32.1. The number of carbonyl (C=O) groups excluding carboxylic acids is 3. The van der Waals surface area contributed by atoms with Gasteiger partial charge in [0.05, 0.1) is 17.1 Å². The Morgan fingerprint density at radius 2 is 1.81 bits per heavy atom. The number of unbranched alkanes of at least 4 members (excludes halogenated alkanes) is 3. The molecule has 14 heteroatoms. The maximum absolute atomic E-state index is 14.9. The van der Waals surface area contributed by atoms with Gasteiger partial charge in [0.15, 0.2) is 0 Å². The van der Waals surface area contributed by atoms with E-state index >= 15 is 0 Å². The van der Waals surface area contributed by atoms with Gasteiger partial charge in [0.1, 0.15) is 28.7 Å². The fourth-order valence-electron chi connectivity index (χ4n) is 7.94. The molecule has 3 amide bonds. The molecular weight excluding hydrogens is 772 g/mol. The van der Waals surface area contributed by atoms with Crippen molar-refractivity contribution in [2.45, 2.75) is 156 Å². The van der Waals surface area contributed by atoms with Crippen molar-refractivity contribution in [3.63, 3.8) is 0 Å². The SMILES string of the molecule is CCCCCCN(C(=O)[C@@H](NC(=O)[C@H]1CCCCN1C)[C@@H](C)CC)[C@H](C[C@@H](OCC)c1nc(C(=O)N[C@@H](Cc2ccc(NC)c(F)c2)CC(C)(C)C(=O)O)cs1)C(C)C. The highest BCUT2D eigenvalue weighted by molar-refractivity contribution is 7.09. The van der Waals surface area contributed by atoms with Gasteiger partial charge in [-0.05, 0) is 96.0 Å². The number of ether oxygens (including phenoxy) is 1. The Hall–Kier alpha value is -3.62. The number of anilines is 1. The molecule has 332 valence electrons. The minimum atomic E-state index is -1.16. The van der Waals surface area contributed by atoms with Crippen LogP contribution in [0.5, 0.6) is 0 Å². The van der Waals surface area contributed by atoms with Crippen molar-refractivity contribution in [3.05, 3.63) is 45.7 Å². The van der Waals surface area contributed by atoms with E-state index in [-0.39, 0.29) is 54.3 Å². The van der Waals surface area contributed by atoms with Crippen LogP contribution in [0.4, 0.5) is 10.1 Å². The number of carboxylic acids is 1. The largest absolute Gasteiger partial charge is 0.481 e. The van der Waals surface area contributed by atoms with E-state index in [1.807, 2.05) is 32.7 Å². The van der Waals surface area contributed by atoms with E-state index in [1.54, 1.807) is 38.4 Å². The smallest absolute Gasteiger partial charge is 0.309 e. The summed E-state index contributed by atoms with van der Waals surface area (Å²) in [5, 5.41) is 21.2. The lowest BCUT2D eigenvalue weighted by Crippen LogP contribution is -2.59. The molecule has 0 bridgehead atoms. The number of aromatic nitrogens is 1. The van der Waals surface area contributed by atoms with Gasteiger partial charge >= 0.3 is 5.97 Å². The summed E-state index contributed by atoms with van der Waals surface area (Å²) in [4.78, 5) is 63.4. The highest BCUT2D eigenvalue weighted by Gasteiger charge is 2.38. The predicted octanol–water partition coefficient (Wildman–Crippen LogP) is 8.08. The number of aliphatic carboxylic acids is 1. The molecule has 0 saturated carbocycles. The van der Waals surface area contributed by atoms with Gasteiger partial charge in [0.2, 0.25) is 11.8 Å². The molecule has 1 aliphatic heterocycles. The molecule has 0 unspecified atom stereocenters. The first-order chi connectivity index (χ1) is 28.0. The molecule has 6 atom stereocenters. The number of likely N-dealkylation sites (tertiary alicyclic amines) is 1. The average Bonchev–Trinajstić information content (AvgIpc) is 3.69. The monoisotopic (exact) mass is 845 g/mol. The normalized spacial score (nSPS) is 17.5. The van der Waals surface area contributed by atoms with Gasteiger partial charge in [-0.25, -0.2) is 9.37 Å². The van der Waals surface area contributed by atoms with Crippen LogP contribution in [0.25, 0.3) is 0 Å². The first kappa shape index (κ1) is 49.7. The minimum absolute atomic E-state index is 0.0407. The molecule has 12 nitrogen and oxygen atoms in total. The zero-order valence-corrected chi connectivity index (χ0v) is 38.2. The van der Waals surface area contributed by atoms with E-state index in [2.05, 4.69) is 41.6 Å². The van der Waals surface area contributed by atoms with E-state index in [9.17, 15) is 28.7 Å². The number of nitrogens with zero attached hydrogens (tertiary/aromatic N) is 3. The first-order valence-corrected chi connectivity index (χ1v) is 22.7. The van der Waals surface area contributed by atoms with Crippen LogP contribution in [0.1, 0.15) is 147 Å². The Morgan fingerprint density at radius 3 is 2.41 bits per heavy atom. The molecule has 3 rings (SSSR count). The second-order valence-corrected chi connectivity index (χ2v) is 18.2. The first-order valence-electron chi connectivity index (χ1n) is 21.9. The molecule has 0 spiro atoms. The standard InChI is InChI=1S/C45H73FN6O6S/c1-11-14-15-17-23-52(43(55)39(30(6)12-2)50-41(54)36-19-16-18-22-51(36)10)37(29(4)5)26-38(58-13-3)42-49-35(28-59-42)40(53)48-32(27-45(7,8)44(56)57)24-31-20-21-34(47-9)33(46)25-31/h20-21,25,28-30,32,36-39,47H,11-19,22-24,26-27H2,1-10H3,(H,48,53)(H,50,54)(H,56,57)/t30-,32-,36+,37+,38+,39-/m0/s1. The molecule has 2 heterocycles. The summed E-state index contributed by atoms with van der Waals surface area (Å²) >= 11 is 1.31. The number of piperidine rings is 1. The molecular formula is C45H73FN6O6S. The van der Waals surface area contributed by atoms with Crippen LogP contribution < -0.4 is 16.0 Å². The maximum atomic E-state index is 14.9. The fraction of sp³-hybridized carbons (Fsp3) is 0.711. The van der Waals surface area contributed by atoms with E-state index < -0.39 is 41.3 Å². The van der Waals surface area contributed by atoms with Gasteiger partial charge in [0.25, 0.3) is 5.91 Å². The van der Waals surface area contributed by atoms with Crippen LogP contribution >= 0.6 is 11.3 Å². The lowest BCUT2D eigenvalue weighted by atomic mass is 9.84. The number of nitrogens with one attached hydrogen (secondary N) is 3. The Bertz CT molecular complexity index is 1650. The Morgan fingerprint density at radius 1 is 1.08 bits per heavy atom. The summed E-state index contributed by atoms with van der Waals surface area (Å²) in [6, 6.07) is 2.96. The number of rotatable bonds is 25. The number of benzene rings is 1. The van der Waals surface area contributed by atoms with Crippen LogP contribution in [0, 0.1) is 23.1 Å². The maximum Gasteiger partial charge on any atom is 0.309 e. The number of halogens is 1. The van der Waals surface area contributed by atoms with Crippen LogP contribution in [-0.4, -0.2) is 102 Å². The lowest BCUT2D eigenvalue weighted by Gasteiger charge is -2.40. The number of carbonyl (C=O) groups is 4. The van der Waals surface area contributed by atoms with Crippen LogP contribution in [0.15, 0.2) is 23.6 Å². The molecule has 1 aliphatic rings. The van der Waals surface area contributed by atoms with Gasteiger partial charge in [0, 0.05) is 44.1 Å². The van der Waals surface area contributed by atoms with Crippen molar-refractivity contribution in [1.82, 2.24) is 25.4 Å². The topological polar surface area (TPSA) is 153 Å². The van der Waals surface area contributed by atoms with Crippen LogP contribution in [-0.2, 0) is 25.5 Å². The molecule has 0 radical (unpaired) electrons. The lowest BCUT2D eigenvalue weighted by molar-refractivity contribution is -0.147. The summed E-state index contributed by atoms with van der Waals surface area (Å²) in [5.74, 6) is -2.11. The third-order valence-corrected chi connectivity index (χ3v) is 12.8. The zero-order chi connectivity index (χ0) is 43.9. The summed E-state index contributed by atoms with van der Waals surface area (Å²) < 4.78 is 21.0. The number of thiazole rings is 1. The summed E-state index contributed by atoms with van der Waals surface area (Å²) in [7, 11) is 3.61. The minimum Gasteiger partial charge on any atom is -0.481 e. The highest BCUT2D eigenvalue weighted by Crippen LogP contribution is 2.32. The van der Waals surface area contributed by atoms with E-state index in [0.29, 0.717) is 35.8 Å². The Kier molecular flexibility index (Phi) is 20.2. The molecule has 2 aromatic rings. The fourth-order valence-corrected chi connectivity index (χ4v) is 8.79. The van der Waals surface area contributed by atoms with Gasteiger partial charge < -0.3 is 30.7 Å². The number of hydrogen-bond acceptors (Lipinski definition) is 9. The van der Waals surface area contributed by atoms with Crippen molar-refractivity contribution in [3.8, 4) is 0 Å². The third-order valence-electron chi connectivity index (χ3n) is 11.9. The van der Waals surface area contributed by atoms with E-state index in [1.165, 1.54) is 17.4 Å². The molecule has 59 heavy (non-hydrogen) atoms. The number of hydrogen-bond donors (Lipinski definition) is 4. The molecule has 1 saturated heterocycles. The second kappa shape index (κ2) is 24.0. The number of likely N-dealkylation sites (N-methyl/N-ethyl adjacent to an activating group) is 1. The van der Waals surface area contributed by atoms with Crippen LogP contribution in [0.3, 0.4) is 0 Å². The summed E-state index contributed by atoms with van der Waals surface area (Å²) in [6.45, 7) is 17.3. The summed E-state index contributed by atoms with van der Waals surface area (Å²) in [5.41, 5.74) is -0.0325. The predicted molar refractivity (Wildman–Crippen MR) is 234 cm³/mol. The van der Waals surface area contributed by atoms with Crippen molar-refractivity contribution in [2.24, 2.45) is 17.3 Å². The Labute approximate surface area is 356 Å². The van der Waals surface area contributed by atoms with Crippen LogP contribution in [0.2, 0.25) is 0 Å². The number of amides is 3. The molecule has 1 aromatic carbocycles.